The molecule has 2 aromatic rings. The van der Waals surface area contributed by atoms with Crippen LogP contribution in [0.3, 0.4) is 0 Å². The lowest BCUT2D eigenvalue weighted by molar-refractivity contribution is -0.124. The lowest BCUT2D eigenvalue weighted by Crippen LogP contribution is -2.33. The van der Waals surface area contributed by atoms with Crippen LogP contribution in [-0.4, -0.2) is 38.5 Å². The molecular weight excluding hydrogens is 374 g/mol. The fourth-order valence-electron chi connectivity index (χ4n) is 2.64. The Morgan fingerprint density at radius 2 is 1.55 bits per heavy atom. The summed E-state index contributed by atoms with van der Waals surface area (Å²) in [6, 6.07) is 12.2. The van der Waals surface area contributed by atoms with Crippen LogP contribution in [0, 0.1) is 0 Å². The second-order valence-electron chi connectivity index (χ2n) is 6.28. The van der Waals surface area contributed by atoms with Crippen LogP contribution in [0.25, 0.3) is 0 Å². The molecule has 2 aromatic carbocycles. The number of ether oxygens (including phenoxy) is 2. The van der Waals surface area contributed by atoms with Crippen LogP contribution in [0.2, 0.25) is 0 Å². The number of benzene rings is 2. The van der Waals surface area contributed by atoms with Crippen molar-refractivity contribution >= 4 is 29.1 Å². The molecule has 0 atom stereocenters. The third-order valence-corrected chi connectivity index (χ3v) is 4.00. The molecule has 3 amide bonds. The maximum atomic E-state index is 12.0. The average molecular weight is 399 g/mol. The van der Waals surface area contributed by atoms with Crippen molar-refractivity contribution in [2.24, 2.45) is 0 Å². The highest BCUT2D eigenvalue weighted by Gasteiger charge is 2.09. The number of hydrogen-bond acceptors (Lipinski definition) is 5. The summed E-state index contributed by atoms with van der Waals surface area (Å²) in [5.74, 6) is 0.438. The van der Waals surface area contributed by atoms with Crippen LogP contribution in [-0.2, 0) is 20.8 Å². The molecule has 0 fully saturated rings. The average Bonchev–Trinajstić information content (AvgIpc) is 2.70. The van der Waals surface area contributed by atoms with Crippen LogP contribution >= 0.6 is 0 Å². The number of carbonyl (C=O) groups excluding carboxylic acids is 3. The van der Waals surface area contributed by atoms with Crippen molar-refractivity contribution in [1.29, 1.82) is 0 Å². The van der Waals surface area contributed by atoms with Crippen LogP contribution in [0.15, 0.2) is 42.5 Å². The highest BCUT2D eigenvalue weighted by molar-refractivity contribution is 5.95. The van der Waals surface area contributed by atoms with E-state index in [0.717, 1.165) is 5.56 Å². The van der Waals surface area contributed by atoms with Crippen molar-refractivity contribution in [3.05, 3.63) is 48.0 Å². The van der Waals surface area contributed by atoms with Gasteiger partial charge in [0.2, 0.25) is 17.7 Å². The number of methoxy groups -OCH3 is 2. The first-order chi connectivity index (χ1) is 13.9. The van der Waals surface area contributed by atoms with Gasteiger partial charge in [0.05, 0.1) is 20.8 Å². The van der Waals surface area contributed by atoms with Gasteiger partial charge in [0.15, 0.2) is 11.5 Å². The van der Waals surface area contributed by atoms with Crippen molar-refractivity contribution in [1.82, 2.24) is 5.32 Å². The zero-order chi connectivity index (χ0) is 21.2. The summed E-state index contributed by atoms with van der Waals surface area (Å²) < 4.78 is 10.4. The summed E-state index contributed by atoms with van der Waals surface area (Å²) >= 11 is 0. The van der Waals surface area contributed by atoms with Crippen molar-refractivity contribution in [2.75, 3.05) is 31.4 Å². The summed E-state index contributed by atoms with van der Waals surface area (Å²) in [5, 5.41) is 7.91. The van der Waals surface area contributed by atoms with E-state index in [2.05, 4.69) is 16.0 Å². The van der Waals surface area contributed by atoms with Crippen molar-refractivity contribution < 1.29 is 23.9 Å². The molecule has 0 aliphatic heterocycles. The van der Waals surface area contributed by atoms with E-state index in [4.69, 9.17) is 9.47 Å². The number of amides is 3. The molecule has 0 aromatic heterocycles. The van der Waals surface area contributed by atoms with E-state index in [9.17, 15) is 14.4 Å². The summed E-state index contributed by atoms with van der Waals surface area (Å²) in [7, 11) is 3.12. The molecular formula is C21H25N3O5. The van der Waals surface area contributed by atoms with E-state index < -0.39 is 0 Å². The molecule has 3 N–H and O–H groups in total. The van der Waals surface area contributed by atoms with Crippen LogP contribution in [0.5, 0.6) is 11.5 Å². The van der Waals surface area contributed by atoms with Gasteiger partial charge < -0.3 is 25.4 Å². The Morgan fingerprint density at radius 3 is 2.21 bits per heavy atom. The minimum atomic E-state index is -0.357. The van der Waals surface area contributed by atoms with Gasteiger partial charge >= 0.3 is 0 Å². The number of anilines is 2. The molecule has 0 heterocycles. The Balaban J connectivity index is 1.79. The first-order valence-corrected chi connectivity index (χ1v) is 9.06. The topological polar surface area (TPSA) is 106 Å². The van der Waals surface area contributed by atoms with Crippen molar-refractivity contribution in [3.63, 3.8) is 0 Å². The second-order valence-corrected chi connectivity index (χ2v) is 6.28. The number of aryl methyl sites for hydroxylation is 1. The van der Waals surface area contributed by atoms with E-state index in [1.54, 1.807) is 44.6 Å². The summed E-state index contributed by atoms with van der Waals surface area (Å²) in [4.78, 5) is 35.2. The Morgan fingerprint density at radius 1 is 0.862 bits per heavy atom. The minimum absolute atomic E-state index is 0.144. The largest absolute Gasteiger partial charge is 0.493 e. The molecule has 0 radical (unpaired) electrons. The summed E-state index contributed by atoms with van der Waals surface area (Å²) in [5.41, 5.74) is 2.03. The van der Waals surface area contributed by atoms with Gasteiger partial charge in [0, 0.05) is 24.7 Å². The van der Waals surface area contributed by atoms with E-state index in [-0.39, 0.29) is 30.7 Å². The molecule has 0 aliphatic rings. The van der Waals surface area contributed by atoms with E-state index >= 15 is 0 Å². The van der Waals surface area contributed by atoms with Crippen molar-refractivity contribution in [2.45, 2.75) is 19.8 Å². The van der Waals surface area contributed by atoms with E-state index in [1.807, 2.05) is 12.1 Å². The lowest BCUT2D eigenvalue weighted by Gasteiger charge is -2.10. The van der Waals surface area contributed by atoms with Crippen LogP contribution in [0.4, 0.5) is 11.4 Å². The quantitative estimate of drug-likeness (QED) is 0.600. The highest BCUT2D eigenvalue weighted by atomic mass is 16.5. The van der Waals surface area contributed by atoms with Crippen LogP contribution in [0.1, 0.15) is 18.9 Å². The molecule has 154 valence electrons. The van der Waals surface area contributed by atoms with E-state index in [0.29, 0.717) is 29.3 Å². The summed E-state index contributed by atoms with van der Waals surface area (Å²) in [6.07, 6.45) is 0.743. The zero-order valence-electron chi connectivity index (χ0n) is 16.7. The smallest absolute Gasteiger partial charge is 0.243 e. The van der Waals surface area contributed by atoms with Crippen molar-refractivity contribution in [3.8, 4) is 11.5 Å². The summed E-state index contributed by atoms with van der Waals surface area (Å²) in [6.45, 7) is 1.26. The maximum Gasteiger partial charge on any atom is 0.243 e. The van der Waals surface area contributed by atoms with Crippen LogP contribution < -0.4 is 25.4 Å². The normalized spacial score (nSPS) is 10.0. The minimum Gasteiger partial charge on any atom is -0.493 e. The van der Waals surface area contributed by atoms with E-state index in [1.165, 1.54) is 6.92 Å². The zero-order valence-corrected chi connectivity index (χ0v) is 16.7. The SMILES string of the molecule is COc1ccc(CCC(=O)NCC(=O)Nc2cccc(NC(C)=O)c2)cc1OC. The number of hydrogen-bond donors (Lipinski definition) is 3. The lowest BCUT2D eigenvalue weighted by atomic mass is 10.1. The number of carbonyl (C=O) groups is 3. The van der Waals surface area contributed by atoms with Gasteiger partial charge in [-0.25, -0.2) is 0 Å². The highest BCUT2D eigenvalue weighted by Crippen LogP contribution is 2.27. The Bertz CT molecular complexity index is 882. The molecule has 8 heteroatoms. The molecule has 0 saturated carbocycles. The molecule has 2 rings (SSSR count). The number of rotatable bonds is 9. The molecule has 8 nitrogen and oxygen atoms in total. The Kier molecular flexibility index (Phi) is 8.02. The molecule has 0 spiro atoms. The van der Waals surface area contributed by atoms with Gasteiger partial charge in [0.1, 0.15) is 0 Å². The second kappa shape index (κ2) is 10.7. The molecule has 0 aliphatic carbocycles. The Hall–Kier alpha value is -3.55. The molecule has 29 heavy (non-hydrogen) atoms. The Labute approximate surface area is 169 Å². The monoisotopic (exact) mass is 399 g/mol. The first kappa shape index (κ1) is 21.7. The van der Waals surface area contributed by atoms with Gasteiger partial charge in [-0.1, -0.05) is 12.1 Å². The number of nitrogens with one attached hydrogen (secondary N) is 3. The van der Waals surface area contributed by atoms with Gasteiger partial charge in [-0.15, -0.1) is 0 Å². The molecule has 0 unspecified atom stereocenters. The predicted molar refractivity (Wildman–Crippen MR) is 110 cm³/mol. The molecule has 0 bridgehead atoms. The third kappa shape index (κ3) is 7.17. The fourth-order valence-corrected chi connectivity index (χ4v) is 2.64. The predicted octanol–water partition coefficient (Wildman–Crippen LogP) is 2.35. The standard InChI is InChI=1S/C21H25N3O5/c1-14(25)23-16-5-4-6-17(12-16)24-21(27)13-22-20(26)10-8-15-7-9-18(28-2)19(11-15)29-3/h4-7,9,11-12H,8,10,13H2,1-3H3,(H,22,26)(H,23,25)(H,24,27). The van der Waals surface area contributed by atoms with Gasteiger partial charge in [-0.3, -0.25) is 14.4 Å². The van der Waals surface area contributed by atoms with Gasteiger partial charge in [0.25, 0.3) is 0 Å². The maximum absolute atomic E-state index is 12.0. The van der Waals surface area contributed by atoms with Gasteiger partial charge in [-0.05, 0) is 42.3 Å². The van der Waals surface area contributed by atoms with Gasteiger partial charge in [-0.2, -0.15) is 0 Å². The first-order valence-electron chi connectivity index (χ1n) is 9.06. The fraction of sp³-hybridized carbons (Fsp3) is 0.286. The third-order valence-electron chi connectivity index (χ3n) is 4.00. The molecule has 0 saturated heterocycles.